The molecular weight excluding hydrogens is 368 g/mol. The van der Waals surface area contributed by atoms with Gasteiger partial charge in [-0.25, -0.2) is 0 Å². The average Bonchev–Trinajstić information content (AvgIpc) is 3.47. The fraction of sp³-hybridized carbons (Fsp3) is 0.478. The minimum Gasteiger partial charge on any atom is -0.332 e. The Morgan fingerprint density at radius 3 is 2.39 bits per heavy atom. The fourth-order valence-electron chi connectivity index (χ4n) is 3.28. The Balaban J connectivity index is 1.76. The number of rotatable bonds is 9. The van der Waals surface area contributed by atoms with Gasteiger partial charge < -0.3 is 9.80 Å². The molecule has 28 heavy (non-hydrogen) atoms. The monoisotopic (exact) mass is 398 g/mol. The molecule has 1 unspecified atom stereocenters. The zero-order valence-corrected chi connectivity index (χ0v) is 17.9. The summed E-state index contributed by atoms with van der Waals surface area (Å²) < 4.78 is 0. The molecule has 1 aromatic carbocycles. The van der Waals surface area contributed by atoms with Gasteiger partial charge in [-0.15, -0.1) is 11.3 Å². The molecule has 0 N–H and O–H groups in total. The van der Waals surface area contributed by atoms with Gasteiger partial charge in [0.1, 0.15) is 6.54 Å². The molecule has 3 rings (SSSR count). The Kier molecular flexibility index (Phi) is 6.89. The van der Waals surface area contributed by atoms with E-state index in [-0.39, 0.29) is 30.3 Å². The number of hydrogen-bond acceptors (Lipinski definition) is 3. The van der Waals surface area contributed by atoms with Crippen molar-refractivity contribution in [3.05, 3.63) is 57.8 Å². The standard InChI is InChI=1S/C23H30N2O2S/c1-4-17(2)25(23(27)20-11-12-20)16-22(26)24(14-19-8-6-5-7-9-19)15-21-13-10-18(3)28-21/h5-10,13,17,20H,4,11-12,14-16H2,1-3H3. The van der Waals surface area contributed by atoms with Gasteiger partial charge in [0, 0.05) is 28.3 Å². The van der Waals surface area contributed by atoms with Crippen molar-refractivity contribution in [1.82, 2.24) is 9.80 Å². The molecular formula is C23H30N2O2S. The molecule has 0 aliphatic heterocycles. The molecule has 0 radical (unpaired) electrons. The average molecular weight is 399 g/mol. The van der Waals surface area contributed by atoms with Crippen LogP contribution in [0.1, 0.15) is 48.4 Å². The van der Waals surface area contributed by atoms with Gasteiger partial charge in [0.15, 0.2) is 0 Å². The van der Waals surface area contributed by atoms with Gasteiger partial charge >= 0.3 is 0 Å². The van der Waals surface area contributed by atoms with E-state index in [1.54, 1.807) is 16.2 Å². The highest BCUT2D eigenvalue weighted by atomic mass is 32.1. The van der Waals surface area contributed by atoms with Crippen LogP contribution in [-0.4, -0.2) is 34.2 Å². The second-order valence-electron chi connectivity index (χ2n) is 7.75. The van der Waals surface area contributed by atoms with Crippen molar-refractivity contribution in [2.75, 3.05) is 6.54 Å². The number of carbonyl (C=O) groups excluding carboxylic acids is 2. The van der Waals surface area contributed by atoms with Crippen molar-refractivity contribution >= 4 is 23.2 Å². The zero-order chi connectivity index (χ0) is 20.1. The van der Waals surface area contributed by atoms with E-state index >= 15 is 0 Å². The number of amides is 2. The van der Waals surface area contributed by atoms with Crippen molar-refractivity contribution in [2.45, 2.75) is 59.2 Å². The summed E-state index contributed by atoms with van der Waals surface area (Å²) in [7, 11) is 0. The van der Waals surface area contributed by atoms with Crippen LogP contribution in [-0.2, 0) is 22.7 Å². The van der Waals surface area contributed by atoms with Crippen LogP contribution in [0.4, 0.5) is 0 Å². The highest BCUT2D eigenvalue weighted by Gasteiger charge is 2.36. The maximum atomic E-state index is 13.3. The summed E-state index contributed by atoms with van der Waals surface area (Å²) in [5, 5.41) is 0. The van der Waals surface area contributed by atoms with E-state index in [9.17, 15) is 9.59 Å². The van der Waals surface area contributed by atoms with Gasteiger partial charge in [-0.1, -0.05) is 37.3 Å². The molecule has 1 saturated carbocycles. The van der Waals surface area contributed by atoms with Crippen LogP contribution in [0.25, 0.3) is 0 Å². The van der Waals surface area contributed by atoms with Crippen LogP contribution in [0.15, 0.2) is 42.5 Å². The lowest BCUT2D eigenvalue weighted by molar-refractivity contribution is -0.143. The predicted octanol–water partition coefficient (Wildman–Crippen LogP) is 4.62. The Morgan fingerprint density at radius 2 is 1.82 bits per heavy atom. The predicted molar refractivity (Wildman–Crippen MR) is 114 cm³/mol. The molecule has 1 aliphatic rings. The molecule has 150 valence electrons. The summed E-state index contributed by atoms with van der Waals surface area (Å²) in [5.41, 5.74) is 1.10. The third-order valence-electron chi connectivity index (χ3n) is 5.35. The Hall–Kier alpha value is -2.14. The number of benzene rings is 1. The van der Waals surface area contributed by atoms with Gasteiger partial charge in [-0.05, 0) is 50.8 Å². The third-order valence-corrected chi connectivity index (χ3v) is 6.34. The minimum atomic E-state index is 0.0178. The molecule has 1 atom stereocenters. The van der Waals surface area contributed by atoms with E-state index in [0.29, 0.717) is 13.1 Å². The first-order valence-electron chi connectivity index (χ1n) is 10.2. The maximum Gasteiger partial charge on any atom is 0.242 e. The van der Waals surface area contributed by atoms with Crippen molar-refractivity contribution in [2.24, 2.45) is 5.92 Å². The SMILES string of the molecule is CCC(C)N(CC(=O)N(Cc1ccccc1)Cc1ccc(C)s1)C(=O)C1CC1. The summed E-state index contributed by atoms with van der Waals surface area (Å²) in [4.78, 5) is 32.1. The molecule has 2 aromatic rings. The first kappa shape index (κ1) is 20.6. The Bertz CT molecular complexity index is 798. The van der Waals surface area contributed by atoms with Crippen LogP contribution >= 0.6 is 11.3 Å². The maximum absolute atomic E-state index is 13.3. The highest BCUT2D eigenvalue weighted by molar-refractivity contribution is 7.11. The molecule has 1 aromatic heterocycles. The van der Waals surface area contributed by atoms with Gasteiger partial charge in [-0.3, -0.25) is 9.59 Å². The van der Waals surface area contributed by atoms with E-state index in [1.807, 2.05) is 42.2 Å². The largest absolute Gasteiger partial charge is 0.332 e. The van der Waals surface area contributed by atoms with Crippen LogP contribution in [0.5, 0.6) is 0 Å². The fourth-order valence-corrected chi connectivity index (χ4v) is 4.18. The molecule has 5 heteroatoms. The minimum absolute atomic E-state index is 0.0178. The normalized spacial score (nSPS) is 14.5. The van der Waals surface area contributed by atoms with Crippen molar-refractivity contribution in [3.63, 3.8) is 0 Å². The topological polar surface area (TPSA) is 40.6 Å². The molecule has 0 spiro atoms. The molecule has 0 bridgehead atoms. The molecule has 4 nitrogen and oxygen atoms in total. The Morgan fingerprint density at radius 1 is 1.11 bits per heavy atom. The summed E-state index contributed by atoms with van der Waals surface area (Å²) in [6, 6.07) is 14.3. The number of aryl methyl sites for hydroxylation is 1. The number of thiophene rings is 1. The van der Waals surface area contributed by atoms with E-state index in [4.69, 9.17) is 0 Å². The lowest BCUT2D eigenvalue weighted by Crippen LogP contribution is -2.46. The van der Waals surface area contributed by atoms with E-state index in [0.717, 1.165) is 24.8 Å². The van der Waals surface area contributed by atoms with Crippen molar-refractivity contribution in [3.8, 4) is 0 Å². The third kappa shape index (κ3) is 5.44. The van der Waals surface area contributed by atoms with Crippen LogP contribution < -0.4 is 0 Å². The quantitative estimate of drug-likeness (QED) is 0.618. The number of hydrogen-bond donors (Lipinski definition) is 0. The van der Waals surface area contributed by atoms with E-state index in [1.165, 1.54) is 9.75 Å². The van der Waals surface area contributed by atoms with E-state index < -0.39 is 0 Å². The molecule has 1 aliphatic carbocycles. The van der Waals surface area contributed by atoms with Gasteiger partial charge in [-0.2, -0.15) is 0 Å². The lowest BCUT2D eigenvalue weighted by atomic mass is 10.1. The van der Waals surface area contributed by atoms with Crippen LogP contribution in [0.2, 0.25) is 0 Å². The van der Waals surface area contributed by atoms with Gasteiger partial charge in [0.05, 0.1) is 6.54 Å². The molecule has 2 amide bonds. The molecule has 1 fully saturated rings. The van der Waals surface area contributed by atoms with Crippen LogP contribution in [0, 0.1) is 12.8 Å². The van der Waals surface area contributed by atoms with Crippen LogP contribution in [0.3, 0.4) is 0 Å². The summed E-state index contributed by atoms with van der Waals surface area (Å²) >= 11 is 1.72. The van der Waals surface area contributed by atoms with Gasteiger partial charge in [0.2, 0.25) is 11.8 Å². The first-order valence-corrected chi connectivity index (χ1v) is 11.0. The summed E-state index contributed by atoms with van der Waals surface area (Å²) in [6.07, 6.45) is 2.78. The van der Waals surface area contributed by atoms with Crippen molar-refractivity contribution in [1.29, 1.82) is 0 Å². The second kappa shape index (κ2) is 9.37. The number of carbonyl (C=O) groups is 2. The number of nitrogens with zero attached hydrogens (tertiary/aromatic N) is 2. The summed E-state index contributed by atoms with van der Waals surface area (Å²) in [6.45, 7) is 7.50. The molecule has 0 saturated heterocycles. The highest BCUT2D eigenvalue weighted by Crippen LogP contribution is 2.32. The zero-order valence-electron chi connectivity index (χ0n) is 17.1. The first-order chi connectivity index (χ1) is 13.5. The van der Waals surface area contributed by atoms with Crippen molar-refractivity contribution < 1.29 is 9.59 Å². The summed E-state index contributed by atoms with van der Waals surface area (Å²) in [5.74, 6) is 0.294. The smallest absolute Gasteiger partial charge is 0.242 e. The Labute approximate surface area is 172 Å². The second-order valence-corrected chi connectivity index (χ2v) is 9.12. The lowest BCUT2D eigenvalue weighted by Gasteiger charge is -2.31. The van der Waals surface area contributed by atoms with E-state index in [2.05, 4.69) is 26.0 Å². The molecule has 1 heterocycles. The van der Waals surface area contributed by atoms with Gasteiger partial charge in [0.25, 0.3) is 0 Å².